The molecule has 0 amide bonds. The summed E-state index contributed by atoms with van der Waals surface area (Å²) < 4.78 is 10.1. The van der Waals surface area contributed by atoms with Gasteiger partial charge in [-0.05, 0) is 11.1 Å². The maximum Gasteiger partial charge on any atom is 0.323 e. The van der Waals surface area contributed by atoms with Gasteiger partial charge in [0.05, 0.1) is 12.5 Å². The lowest BCUT2D eigenvalue weighted by Gasteiger charge is -2.19. The number of hydrogen-bond acceptors (Lipinski definition) is 6. The maximum atomic E-state index is 12.3. The first-order valence-electron chi connectivity index (χ1n) is 8.28. The van der Waals surface area contributed by atoms with E-state index in [4.69, 9.17) is 14.6 Å². The van der Waals surface area contributed by atoms with Gasteiger partial charge in [-0.1, -0.05) is 60.7 Å². The Labute approximate surface area is 156 Å². The van der Waals surface area contributed by atoms with E-state index in [1.807, 2.05) is 0 Å². The van der Waals surface area contributed by atoms with Crippen LogP contribution in [0.3, 0.4) is 0 Å². The summed E-state index contributed by atoms with van der Waals surface area (Å²) >= 11 is 0. The van der Waals surface area contributed by atoms with E-state index in [9.17, 15) is 19.5 Å². The fourth-order valence-electron chi connectivity index (χ4n) is 2.34. The largest absolute Gasteiger partial charge is 0.481 e. The second-order valence-corrected chi connectivity index (χ2v) is 5.83. The Kier molecular flexibility index (Phi) is 7.51. The highest BCUT2D eigenvalue weighted by molar-refractivity contribution is 5.96. The fraction of sp³-hybridized carbons (Fsp3) is 0.250. The van der Waals surface area contributed by atoms with Gasteiger partial charge >= 0.3 is 17.9 Å². The maximum absolute atomic E-state index is 12.3. The van der Waals surface area contributed by atoms with Crippen LogP contribution in [0, 0.1) is 5.92 Å². The number of ether oxygens (including phenoxy) is 2. The molecule has 7 heteroatoms. The van der Waals surface area contributed by atoms with Crippen molar-refractivity contribution in [1.82, 2.24) is 0 Å². The number of carbonyl (C=O) groups excluding carboxylic acids is 2. The molecule has 2 aromatic rings. The van der Waals surface area contributed by atoms with E-state index < -0.39 is 36.4 Å². The minimum Gasteiger partial charge on any atom is -0.481 e. The molecule has 0 bridgehead atoms. The highest BCUT2D eigenvalue weighted by Gasteiger charge is 2.38. The van der Waals surface area contributed by atoms with Crippen molar-refractivity contribution in [2.45, 2.75) is 25.7 Å². The van der Waals surface area contributed by atoms with Crippen LogP contribution in [0.5, 0.6) is 0 Å². The van der Waals surface area contributed by atoms with Crippen LogP contribution in [0.15, 0.2) is 60.7 Å². The van der Waals surface area contributed by atoms with Crippen molar-refractivity contribution in [1.29, 1.82) is 0 Å². The Morgan fingerprint density at radius 3 is 1.56 bits per heavy atom. The van der Waals surface area contributed by atoms with E-state index in [0.29, 0.717) is 11.1 Å². The van der Waals surface area contributed by atoms with Crippen molar-refractivity contribution in [3.63, 3.8) is 0 Å². The molecule has 0 saturated carbocycles. The molecule has 0 unspecified atom stereocenters. The Bertz CT molecular complexity index is 703. The summed E-state index contributed by atoms with van der Waals surface area (Å²) in [5, 5.41) is 18.9. The molecule has 0 spiro atoms. The van der Waals surface area contributed by atoms with Crippen LogP contribution >= 0.6 is 0 Å². The first kappa shape index (κ1) is 20.1. The average molecular weight is 372 g/mol. The van der Waals surface area contributed by atoms with E-state index in [1.165, 1.54) is 0 Å². The Morgan fingerprint density at radius 2 is 1.19 bits per heavy atom. The van der Waals surface area contributed by atoms with Crippen molar-refractivity contribution >= 4 is 17.9 Å². The van der Waals surface area contributed by atoms with Crippen LogP contribution in [0.1, 0.15) is 17.5 Å². The molecule has 2 N–H and O–H groups in total. The van der Waals surface area contributed by atoms with E-state index in [0.717, 1.165) is 0 Å². The van der Waals surface area contributed by atoms with Gasteiger partial charge in [0.1, 0.15) is 13.2 Å². The van der Waals surface area contributed by atoms with Gasteiger partial charge in [-0.15, -0.1) is 0 Å². The first-order chi connectivity index (χ1) is 13.0. The van der Waals surface area contributed by atoms with E-state index in [2.05, 4.69) is 0 Å². The molecule has 0 aliphatic carbocycles. The molecule has 0 aromatic heterocycles. The monoisotopic (exact) mass is 372 g/mol. The van der Waals surface area contributed by atoms with Crippen LogP contribution in [-0.2, 0) is 37.1 Å². The average Bonchev–Trinajstić information content (AvgIpc) is 2.66. The third-order valence-electron chi connectivity index (χ3n) is 3.72. The quantitative estimate of drug-likeness (QED) is 0.511. The van der Waals surface area contributed by atoms with Crippen molar-refractivity contribution in [3.8, 4) is 0 Å². The number of hydrogen-bond donors (Lipinski definition) is 2. The smallest absolute Gasteiger partial charge is 0.323 e. The van der Waals surface area contributed by atoms with Crippen LogP contribution in [-0.4, -0.2) is 34.2 Å². The number of esters is 2. The third kappa shape index (κ3) is 6.56. The lowest BCUT2D eigenvalue weighted by atomic mass is 10.00. The predicted molar refractivity (Wildman–Crippen MR) is 94.2 cm³/mol. The predicted octanol–water partition coefficient (Wildman–Crippen LogP) is 1.92. The summed E-state index contributed by atoms with van der Waals surface area (Å²) in [5.41, 5.74) is 1.38. The molecule has 2 rings (SSSR count). The highest BCUT2D eigenvalue weighted by atomic mass is 16.6. The zero-order valence-corrected chi connectivity index (χ0v) is 14.5. The van der Waals surface area contributed by atoms with Gasteiger partial charge in [-0.3, -0.25) is 14.4 Å². The standard InChI is InChI=1S/C20H20O7/c21-16(11-17(22)23)18(19(24)26-12-14-7-3-1-4-8-14)20(25)27-13-15-9-5-2-6-10-15/h1-10,16,18,21H,11-13H2,(H,22,23)/t16-/m0/s1. The second kappa shape index (κ2) is 10.1. The van der Waals surface area contributed by atoms with Crippen molar-refractivity contribution < 1.29 is 34.1 Å². The molecule has 0 radical (unpaired) electrons. The topological polar surface area (TPSA) is 110 Å². The second-order valence-electron chi connectivity index (χ2n) is 5.83. The zero-order chi connectivity index (χ0) is 19.6. The van der Waals surface area contributed by atoms with Crippen molar-refractivity contribution in [2.24, 2.45) is 5.92 Å². The SMILES string of the molecule is O=C(O)C[C@H](O)C(C(=O)OCc1ccccc1)C(=O)OCc1ccccc1. The summed E-state index contributed by atoms with van der Waals surface area (Å²) in [6, 6.07) is 17.5. The number of aliphatic hydroxyl groups excluding tert-OH is 1. The molecule has 0 heterocycles. The van der Waals surface area contributed by atoms with E-state index in [1.54, 1.807) is 60.7 Å². The number of carbonyl (C=O) groups is 3. The van der Waals surface area contributed by atoms with E-state index in [-0.39, 0.29) is 13.2 Å². The molecule has 2 aromatic carbocycles. The van der Waals surface area contributed by atoms with Gasteiger partial charge in [-0.2, -0.15) is 0 Å². The van der Waals surface area contributed by atoms with Gasteiger partial charge in [-0.25, -0.2) is 0 Å². The molecule has 27 heavy (non-hydrogen) atoms. The number of rotatable bonds is 9. The van der Waals surface area contributed by atoms with Crippen LogP contribution in [0.4, 0.5) is 0 Å². The lowest BCUT2D eigenvalue weighted by Crippen LogP contribution is -2.38. The van der Waals surface area contributed by atoms with Gasteiger partial charge in [0.25, 0.3) is 0 Å². The molecule has 0 aliphatic heterocycles. The molecule has 0 fully saturated rings. The van der Waals surface area contributed by atoms with Crippen LogP contribution in [0.2, 0.25) is 0 Å². The summed E-state index contributed by atoms with van der Waals surface area (Å²) in [6.07, 6.45) is -2.54. The summed E-state index contributed by atoms with van der Waals surface area (Å²) in [5.74, 6) is -5.16. The minimum atomic E-state index is -1.76. The van der Waals surface area contributed by atoms with Gasteiger partial charge in [0.15, 0.2) is 5.92 Å². The first-order valence-corrected chi connectivity index (χ1v) is 8.28. The number of carboxylic acids is 1. The van der Waals surface area contributed by atoms with Gasteiger partial charge < -0.3 is 19.7 Å². The molecule has 142 valence electrons. The van der Waals surface area contributed by atoms with Crippen LogP contribution < -0.4 is 0 Å². The molecule has 7 nitrogen and oxygen atoms in total. The van der Waals surface area contributed by atoms with Crippen molar-refractivity contribution in [2.75, 3.05) is 0 Å². The van der Waals surface area contributed by atoms with Crippen molar-refractivity contribution in [3.05, 3.63) is 71.8 Å². The summed E-state index contributed by atoms with van der Waals surface area (Å²) in [4.78, 5) is 35.5. The fourth-order valence-corrected chi connectivity index (χ4v) is 2.34. The lowest BCUT2D eigenvalue weighted by molar-refractivity contribution is -0.170. The highest BCUT2D eigenvalue weighted by Crippen LogP contribution is 2.16. The summed E-state index contributed by atoms with van der Waals surface area (Å²) in [7, 11) is 0. The molecular formula is C20H20O7. The number of aliphatic carboxylic acids is 1. The number of benzene rings is 2. The molecular weight excluding hydrogens is 352 g/mol. The number of carboxylic acid groups (broad SMARTS) is 1. The zero-order valence-electron chi connectivity index (χ0n) is 14.5. The van der Waals surface area contributed by atoms with E-state index >= 15 is 0 Å². The summed E-state index contributed by atoms with van der Waals surface area (Å²) in [6.45, 7) is -0.218. The number of aliphatic hydroxyl groups is 1. The third-order valence-corrected chi connectivity index (χ3v) is 3.72. The Balaban J connectivity index is 2.03. The minimum absolute atomic E-state index is 0.109. The Morgan fingerprint density at radius 1 is 0.778 bits per heavy atom. The normalized spacial score (nSPS) is 11.6. The molecule has 1 atom stereocenters. The Hall–Kier alpha value is -3.19. The molecule has 0 aliphatic rings. The van der Waals surface area contributed by atoms with Gasteiger partial charge in [0, 0.05) is 0 Å². The molecule has 0 saturated heterocycles. The van der Waals surface area contributed by atoms with Crippen LogP contribution in [0.25, 0.3) is 0 Å². The van der Waals surface area contributed by atoms with Gasteiger partial charge in [0.2, 0.25) is 0 Å².